The molecule has 0 fully saturated rings. The highest BCUT2D eigenvalue weighted by atomic mass is 79.9. The van der Waals surface area contributed by atoms with E-state index in [1.807, 2.05) is 32.0 Å². The van der Waals surface area contributed by atoms with E-state index in [0.29, 0.717) is 41.8 Å². The number of allylic oxidation sites excluding steroid dienone is 1. The van der Waals surface area contributed by atoms with Crippen LogP contribution in [0.5, 0.6) is 23.0 Å². The number of nitrogens with zero attached hydrogens (tertiary/aromatic N) is 1. The molecule has 0 aliphatic carbocycles. The molecule has 2 aromatic rings. The number of hydrogen-bond acceptors (Lipinski definition) is 5. The summed E-state index contributed by atoms with van der Waals surface area (Å²) in [4.78, 5) is 0. The molecule has 28 heavy (non-hydrogen) atoms. The van der Waals surface area contributed by atoms with Crippen molar-refractivity contribution in [1.29, 1.82) is 5.26 Å². The molecule has 2 aromatic carbocycles. The predicted molar refractivity (Wildman–Crippen MR) is 114 cm³/mol. The van der Waals surface area contributed by atoms with Gasteiger partial charge in [-0.15, -0.1) is 0 Å². The number of nitriles is 1. The van der Waals surface area contributed by atoms with E-state index in [2.05, 4.69) is 22.0 Å². The zero-order valence-electron chi connectivity index (χ0n) is 16.5. The van der Waals surface area contributed by atoms with Crippen molar-refractivity contribution < 1.29 is 18.9 Å². The summed E-state index contributed by atoms with van der Waals surface area (Å²) in [5, 5.41) is 9.69. The third-order valence-electron chi connectivity index (χ3n) is 3.91. The second-order valence-corrected chi connectivity index (χ2v) is 6.71. The minimum absolute atomic E-state index is 0.498. The molecule has 0 unspecified atom stereocenters. The number of benzene rings is 2. The Morgan fingerprint density at radius 1 is 1.04 bits per heavy atom. The van der Waals surface area contributed by atoms with Crippen molar-refractivity contribution in [2.45, 2.75) is 20.3 Å². The van der Waals surface area contributed by atoms with Crippen molar-refractivity contribution >= 4 is 27.6 Å². The van der Waals surface area contributed by atoms with Crippen LogP contribution in [-0.4, -0.2) is 27.4 Å². The van der Waals surface area contributed by atoms with Crippen LogP contribution in [0.4, 0.5) is 0 Å². The van der Waals surface area contributed by atoms with Gasteiger partial charge in [0.25, 0.3) is 0 Å². The van der Waals surface area contributed by atoms with Crippen LogP contribution in [-0.2, 0) is 0 Å². The van der Waals surface area contributed by atoms with E-state index >= 15 is 0 Å². The number of methoxy groups -OCH3 is 2. The molecule has 0 heterocycles. The number of rotatable bonds is 9. The van der Waals surface area contributed by atoms with Crippen LogP contribution in [0.2, 0.25) is 0 Å². The van der Waals surface area contributed by atoms with Crippen LogP contribution in [0.25, 0.3) is 11.6 Å². The van der Waals surface area contributed by atoms with Gasteiger partial charge in [-0.2, -0.15) is 5.26 Å². The Morgan fingerprint density at radius 3 is 2.39 bits per heavy atom. The third kappa shape index (κ3) is 5.20. The predicted octanol–water partition coefficient (Wildman–Crippen LogP) is 5.72. The molecule has 0 aliphatic heterocycles. The van der Waals surface area contributed by atoms with Crippen molar-refractivity contribution in [3.8, 4) is 29.1 Å². The van der Waals surface area contributed by atoms with Crippen LogP contribution in [0, 0.1) is 11.3 Å². The lowest BCUT2D eigenvalue weighted by Crippen LogP contribution is -2.01. The van der Waals surface area contributed by atoms with Gasteiger partial charge in [0, 0.05) is 0 Å². The molecule has 0 saturated carbocycles. The fraction of sp³-hybridized carbons (Fsp3) is 0.318. The minimum atomic E-state index is 0.498. The number of halogens is 1. The van der Waals surface area contributed by atoms with Crippen LogP contribution in [0.1, 0.15) is 31.4 Å². The first-order chi connectivity index (χ1) is 13.6. The molecule has 6 heteroatoms. The molecule has 5 nitrogen and oxygen atoms in total. The summed E-state index contributed by atoms with van der Waals surface area (Å²) in [5.74, 6) is 2.50. The topological polar surface area (TPSA) is 60.7 Å². The van der Waals surface area contributed by atoms with Crippen molar-refractivity contribution in [2.24, 2.45) is 0 Å². The maximum absolute atomic E-state index is 9.69. The Bertz CT molecular complexity index is 887. The molecule has 0 bridgehead atoms. The molecule has 148 valence electrons. The fourth-order valence-corrected chi connectivity index (χ4v) is 3.20. The van der Waals surface area contributed by atoms with Crippen LogP contribution >= 0.6 is 15.9 Å². The molecular formula is C22H24BrNO4. The van der Waals surface area contributed by atoms with E-state index in [0.717, 1.165) is 22.0 Å². The standard InChI is InChI=1S/C22H24BrNO4/c1-5-9-28-22-18(23)11-15(12-21(22)27-6-2)10-17(14-24)16-7-8-19(25-3)20(13-16)26-4/h7-8,10-13H,5-6,9H2,1-4H3/b17-10+. The van der Waals surface area contributed by atoms with Gasteiger partial charge in [0.1, 0.15) is 0 Å². The smallest absolute Gasteiger partial charge is 0.175 e. The maximum atomic E-state index is 9.69. The second-order valence-electron chi connectivity index (χ2n) is 5.85. The zero-order valence-corrected chi connectivity index (χ0v) is 18.1. The Kier molecular flexibility index (Phi) is 8.21. The van der Waals surface area contributed by atoms with Gasteiger partial charge in [-0.1, -0.05) is 6.92 Å². The summed E-state index contributed by atoms with van der Waals surface area (Å²) in [7, 11) is 3.14. The van der Waals surface area contributed by atoms with E-state index in [9.17, 15) is 5.26 Å². The molecule has 0 radical (unpaired) electrons. The van der Waals surface area contributed by atoms with Gasteiger partial charge >= 0.3 is 0 Å². The van der Waals surface area contributed by atoms with Gasteiger partial charge < -0.3 is 18.9 Å². The Balaban J connectivity index is 2.48. The summed E-state index contributed by atoms with van der Waals surface area (Å²) in [6.45, 7) is 5.09. The summed E-state index contributed by atoms with van der Waals surface area (Å²) in [5.41, 5.74) is 2.06. The van der Waals surface area contributed by atoms with Crippen molar-refractivity contribution in [3.63, 3.8) is 0 Å². The lowest BCUT2D eigenvalue weighted by molar-refractivity contribution is 0.275. The van der Waals surface area contributed by atoms with Gasteiger partial charge in [0.2, 0.25) is 0 Å². The average Bonchev–Trinajstić information content (AvgIpc) is 2.71. The molecule has 0 spiro atoms. The molecule has 2 rings (SSSR count). The Morgan fingerprint density at radius 2 is 1.79 bits per heavy atom. The van der Waals surface area contributed by atoms with Crippen LogP contribution < -0.4 is 18.9 Å². The molecule has 0 saturated heterocycles. The quantitative estimate of drug-likeness (QED) is 0.364. The number of ether oxygens (including phenoxy) is 4. The zero-order chi connectivity index (χ0) is 20.5. The molecule has 0 N–H and O–H groups in total. The lowest BCUT2D eigenvalue weighted by atomic mass is 10.0. The van der Waals surface area contributed by atoms with Crippen molar-refractivity contribution in [1.82, 2.24) is 0 Å². The average molecular weight is 446 g/mol. The molecular weight excluding hydrogens is 422 g/mol. The first kappa shape index (κ1) is 21.6. The van der Waals surface area contributed by atoms with Crippen LogP contribution in [0.3, 0.4) is 0 Å². The number of hydrogen-bond donors (Lipinski definition) is 0. The summed E-state index contributed by atoms with van der Waals surface area (Å²) < 4.78 is 22.9. The van der Waals surface area contributed by atoms with E-state index in [1.165, 1.54) is 0 Å². The molecule has 0 atom stereocenters. The fourth-order valence-electron chi connectivity index (χ4n) is 2.63. The van der Waals surface area contributed by atoms with E-state index in [-0.39, 0.29) is 0 Å². The Labute approximate surface area is 174 Å². The van der Waals surface area contributed by atoms with Gasteiger partial charge in [0.05, 0.1) is 43.5 Å². The largest absolute Gasteiger partial charge is 0.493 e. The molecule has 0 aliphatic rings. The minimum Gasteiger partial charge on any atom is -0.493 e. The normalized spacial score (nSPS) is 10.9. The Hall–Kier alpha value is -2.65. The van der Waals surface area contributed by atoms with Gasteiger partial charge in [0.15, 0.2) is 23.0 Å². The van der Waals surface area contributed by atoms with Crippen LogP contribution in [0.15, 0.2) is 34.8 Å². The van der Waals surface area contributed by atoms with Crippen molar-refractivity contribution in [3.05, 3.63) is 45.9 Å². The highest BCUT2D eigenvalue weighted by molar-refractivity contribution is 9.10. The SMILES string of the molecule is CCCOc1c(Br)cc(/C=C(\C#N)c2ccc(OC)c(OC)c2)cc1OCC. The van der Waals surface area contributed by atoms with E-state index in [4.69, 9.17) is 18.9 Å². The third-order valence-corrected chi connectivity index (χ3v) is 4.50. The van der Waals surface area contributed by atoms with Gasteiger partial charge in [-0.3, -0.25) is 0 Å². The first-order valence-corrected chi connectivity index (χ1v) is 9.80. The van der Waals surface area contributed by atoms with Gasteiger partial charge in [-0.25, -0.2) is 0 Å². The highest BCUT2D eigenvalue weighted by Gasteiger charge is 2.13. The monoisotopic (exact) mass is 445 g/mol. The van der Waals surface area contributed by atoms with E-state index < -0.39 is 0 Å². The van der Waals surface area contributed by atoms with E-state index in [1.54, 1.807) is 32.4 Å². The molecule has 0 aromatic heterocycles. The second kappa shape index (κ2) is 10.6. The lowest BCUT2D eigenvalue weighted by Gasteiger charge is -2.14. The molecule has 0 amide bonds. The van der Waals surface area contributed by atoms with Crippen molar-refractivity contribution in [2.75, 3.05) is 27.4 Å². The summed E-state index contributed by atoms with van der Waals surface area (Å²) >= 11 is 3.55. The summed E-state index contributed by atoms with van der Waals surface area (Å²) in [6.07, 6.45) is 2.70. The van der Waals surface area contributed by atoms with Gasteiger partial charge in [-0.05, 0) is 76.8 Å². The first-order valence-electron chi connectivity index (χ1n) is 9.01. The highest BCUT2D eigenvalue weighted by Crippen LogP contribution is 2.38. The summed E-state index contributed by atoms with van der Waals surface area (Å²) in [6, 6.07) is 11.4. The maximum Gasteiger partial charge on any atom is 0.175 e.